The molecule has 0 bridgehead atoms. The summed E-state index contributed by atoms with van der Waals surface area (Å²) in [6, 6.07) is 22.5. The number of amides is 1. The summed E-state index contributed by atoms with van der Waals surface area (Å²) in [4.78, 5) is 32.9. The van der Waals surface area contributed by atoms with Crippen LogP contribution in [0.1, 0.15) is 49.4 Å². The Morgan fingerprint density at radius 1 is 1.10 bits per heavy atom. The Labute approximate surface area is 239 Å². The Balaban J connectivity index is 1.66. The number of allylic oxidation sites excluding steroid dienone is 1. The van der Waals surface area contributed by atoms with Crippen LogP contribution in [-0.4, -0.2) is 17.6 Å². The highest BCUT2D eigenvalue weighted by Crippen LogP contribution is 2.32. The zero-order valence-corrected chi connectivity index (χ0v) is 24.5. The smallest absolute Gasteiger partial charge is 0.271 e. The van der Waals surface area contributed by atoms with Gasteiger partial charge in [-0.05, 0) is 75.8 Å². The summed E-state index contributed by atoms with van der Waals surface area (Å²) in [6.07, 6.45) is 1.84. The number of anilines is 1. The molecule has 8 heteroatoms. The first-order chi connectivity index (χ1) is 18.8. The molecular formula is C31H28BrN3O3S. The second-order valence-corrected chi connectivity index (χ2v) is 11.5. The van der Waals surface area contributed by atoms with Crippen molar-refractivity contribution in [2.45, 2.75) is 32.7 Å². The number of hydrogen-bond acceptors (Lipinski definition) is 5. The Kier molecular flexibility index (Phi) is 7.68. The van der Waals surface area contributed by atoms with Gasteiger partial charge in [-0.15, -0.1) is 0 Å². The lowest BCUT2D eigenvalue weighted by Crippen LogP contribution is -2.40. The summed E-state index contributed by atoms with van der Waals surface area (Å²) in [5.74, 6) is 0.792. The fourth-order valence-corrected chi connectivity index (χ4v) is 6.24. The summed E-state index contributed by atoms with van der Waals surface area (Å²) in [6.45, 7) is 6.10. The van der Waals surface area contributed by atoms with Crippen molar-refractivity contribution in [2.24, 2.45) is 4.99 Å². The standard InChI is InChI=1S/C31H28BrN3O3S/c1-18(2)21-11-13-22(14-12-21)28-27(29(36)34-23-8-6-5-7-9-23)19(3)33-31-35(28)30(37)26(39-31)17-20-10-15-25(38-4)24(32)16-20/h5-18,28H,1-4H3,(H,34,36)/b26-17-. The Morgan fingerprint density at radius 2 is 1.82 bits per heavy atom. The van der Waals surface area contributed by atoms with Crippen molar-refractivity contribution >= 4 is 44.9 Å². The second kappa shape index (κ2) is 11.2. The number of carbonyl (C=O) groups is 1. The van der Waals surface area contributed by atoms with Crippen molar-refractivity contribution in [3.63, 3.8) is 0 Å². The average molecular weight is 603 g/mol. The molecule has 0 aliphatic carbocycles. The van der Waals surface area contributed by atoms with Crippen molar-refractivity contribution < 1.29 is 9.53 Å². The molecule has 0 radical (unpaired) electrons. The third kappa shape index (κ3) is 5.40. The van der Waals surface area contributed by atoms with Crippen molar-refractivity contribution in [2.75, 3.05) is 12.4 Å². The summed E-state index contributed by atoms with van der Waals surface area (Å²) >= 11 is 4.83. The van der Waals surface area contributed by atoms with E-state index in [4.69, 9.17) is 9.73 Å². The fraction of sp³-hybridized carbons (Fsp3) is 0.194. The number of rotatable bonds is 6. The molecule has 1 aliphatic heterocycles. The number of nitrogens with zero attached hydrogens (tertiary/aromatic N) is 2. The van der Waals surface area contributed by atoms with E-state index >= 15 is 0 Å². The molecule has 0 saturated heterocycles. The number of thiazole rings is 1. The number of carbonyl (C=O) groups excluding carboxylic acids is 1. The quantitative estimate of drug-likeness (QED) is 0.305. The first-order valence-corrected chi connectivity index (χ1v) is 14.2. The molecule has 5 rings (SSSR count). The van der Waals surface area contributed by atoms with Gasteiger partial charge in [0.1, 0.15) is 5.75 Å². The third-order valence-electron chi connectivity index (χ3n) is 6.69. The Bertz CT molecular complexity index is 1750. The van der Waals surface area contributed by atoms with Crippen molar-refractivity contribution in [3.8, 4) is 5.75 Å². The van der Waals surface area contributed by atoms with Crippen LogP contribution in [0, 0.1) is 0 Å². The van der Waals surface area contributed by atoms with Crippen LogP contribution in [0.25, 0.3) is 6.08 Å². The SMILES string of the molecule is COc1ccc(/C=c2\sc3n(c2=O)C(c2ccc(C(C)C)cc2)C(C(=O)Nc2ccccc2)=C(C)N=3)cc1Br. The molecule has 1 atom stereocenters. The minimum Gasteiger partial charge on any atom is -0.496 e. The minimum absolute atomic E-state index is 0.193. The lowest BCUT2D eigenvalue weighted by atomic mass is 9.93. The number of methoxy groups -OCH3 is 1. The van der Waals surface area contributed by atoms with Gasteiger partial charge in [-0.2, -0.15) is 0 Å². The zero-order chi connectivity index (χ0) is 27.7. The van der Waals surface area contributed by atoms with Gasteiger partial charge in [0, 0.05) is 5.69 Å². The largest absolute Gasteiger partial charge is 0.496 e. The highest BCUT2D eigenvalue weighted by Gasteiger charge is 2.32. The minimum atomic E-state index is -0.615. The highest BCUT2D eigenvalue weighted by atomic mass is 79.9. The van der Waals surface area contributed by atoms with Gasteiger partial charge < -0.3 is 10.1 Å². The third-order valence-corrected chi connectivity index (χ3v) is 8.29. The molecule has 3 aromatic carbocycles. The maximum Gasteiger partial charge on any atom is 0.271 e. The normalized spacial score (nSPS) is 15.2. The molecule has 1 amide bonds. The van der Waals surface area contributed by atoms with Gasteiger partial charge in [-0.25, -0.2) is 4.99 Å². The topological polar surface area (TPSA) is 72.7 Å². The molecule has 2 heterocycles. The van der Waals surface area contributed by atoms with Crippen LogP contribution >= 0.6 is 27.3 Å². The van der Waals surface area contributed by atoms with E-state index in [-0.39, 0.29) is 11.5 Å². The first-order valence-electron chi connectivity index (χ1n) is 12.6. The number of ether oxygens (including phenoxy) is 1. The number of hydrogen-bond donors (Lipinski definition) is 1. The van der Waals surface area contributed by atoms with E-state index in [0.717, 1.165) is 15.6 Å². The summed E-state index contributed by atoms with van der Waals surface area (Å²) < 4.78 is 8.31. The zero-order valence-electron chi connectivity index (χ0n) is 22.1. The molecule has 0 fully saturated rings. The van der Waals surface area contributed by atoms with E-state index in [1.54, 1.807) is 11.7 Å². The molecule has 1 unspecified atom stereocenters. The molecule has 0 saturated carbocycles. The number of fused-ring (bicyclic) bond motifs is 1. The van der Waals surface area contributed by atoms with Gasteiger partial charge in [0.2, 0.25) is 0 Å². The van der Waals surface area contributed by atoms with Crippen molar-refractivity contribution in [1.82, 2.24) is 4.57 Å². The predicted molar refractivity (Wildman–Crippen MR) is 160 cm³/mol. The molecule has 1 N–H and O–H groups in total. The molecule has 0 spiro atoms. The first kappa shape index (κ1) is 26.8. The van der Waals surface area contributed by atoms with E-state index in [9.17, 15) is 9.59 Å². The van der Waals surface area contributed by atoms with E-state index < -0.39 is 6.04 Å². The summed E-state index contributed by atoms with van der Waals surface area (Å²) in [5, 5.41) is 2.99. The molecule has 1 aliphatic rings. The number of para-hydroxylation sites is 1. The predicted octanol–water partition coefficient (Wildman–Crippen LogP) is 5.77. The number of nitrogens with one attached hydrogen (secondary N) is 1. The monoisotopic (exact) mass is 601 g/mol. The van der Waals surface area contributed by atoms with Crippen LogP contribution in [0.3, 0.4) is 0 Å². The maximum atomic E-state index is 13.9. The maximum absolute atomic E-state index is 13.9. The number of benzene rings is 3. The number of aromatic nitrogens is 1. The molecule has 6 nitrogen and oxygen atoms in total. The fourth-order valence-electron chi connectivity index (χ4n) is 4.63. The van der Waals surface area contributed by atoms with Crippen LogP contribution in [0.4, 0.5) is 5.69 Å². The Morgan fingerprint density at radius 3 is 2.46 bits per heavy atom. The van der Waals surface area contributed by atoms with Gasteiger partial charge in [-0.1, -0.05) is 73.7 Å². The highest BCUT2D eigenvalue weighted by molar-refractivity contribution is 9.10. The van der Waals surface area contributed by atoms with Gasteiger partial charge in [0.05, 0.1) is 33.4 Å². The van der Waals surface area contributed by atoms with Crippen LogP contribution in [0.2, 0.25) is 0 Å². The van der Waals surface area contributed by atoms with Crippen molar-refractivity contribution in [3.05, 3.63) is 125 Å². The molecule has 1 aromatic heterocycles. The Hall–Kier alpha value is -3.75. The van der Waals surface area contributed by atoms with E-state index in [1.807, 2.05) is 73.7 Å². The van der Waals surface area contributed by atoms with Gasteiger partial charge in [0.15, 0.2) is 4.80 Å². The number of halogens is 1. The van der Waals surface area contributed by atoms with Gasteiger partial charge in [0.25, 0.3) is 11.5 Å². The lowest BCUT2D eigenvalue weighted by Gasteiger charge is -2.25. The average Bonchev–Trinajstić information content (AvgIpc) is 3.22. The van der Waals surface area contributed by atoms with E-state index in [2.05, 4.69) is 47.2 Å². The van der Waals surface area contributed by atoms with Crippen molar-refractivity contribution in [1.29, 1.82) is 0 Å². The van der Waals surface area contributed by atoms with E-state index in [1.165, 1.54) is 16.9 Å². The van der Waals surface area contributed by atoms with Crippen LogP contribution in [0.15, 0.2) is 98.3 Å². The van der Waals surface area contributed by atoms with E-state index in [0.29, 0.717) is 38.0 Å². The molecule has 39 heavy (non-hydrogen) atoms. The molecular weight excluding hydrogens is 574 g/mol. The lowest BCUT2D eigenvalue weighted by molar-refractivity contribution is -0.113. The van der Waals surface area contributed by atoms with Crippen LogP contribution in [0.5, 0.6) is 5.75 Å². The van der Waals surface area contributed by atoms with Crippen LogP contribution < -0.4 is 24.9 Å². The van der Waals surface area contributed by atoms with Gasteiger partial charge in [-0.3, -0.25) is 14.2 Å². The summed E-state index contributed by atoms with van der Waals surface area (Å²) in [5.41, 5.74) is 4.41. The second-order valence-electron chi connectivity index (χ2n) is 9.62. The molecule has 4 aromatic rings. The van der Waals surface area contributed by atoms with Gasteiger partial charge >= 0.3 is 0 Å². The molecule has 198 valence electrons. The summed E-state index contributed by atoms with van der Waals surface area (Å²) in [7, 11) is 1.61. The van der Waals surface area contributed by atoms with Crippen LogP contribution in [-0.2, 0) is 4.79 Å².